The molecule has 5 nitrogen and oxygen atoms in total. The van der Waals surface area contributed by atoms with Gasteiger partial charge in [0.15, 0.2) is 0 Å². The van der Waals surface area contributed by atoms with Crippen molar-refractivity contribution in [3.05, 3.63) is 30.2 Å². The lowest BCUT2D eigenvalue weighted by Crippen LogP contribution is -2.40. The average Bonchev–Trinajstić information content (AvgIpc) is 3.01. The predicted octanol–water partition coefficient (Wildman–Crippen LogP) is 3.11. The highest BCUT2D eigenvalue weighted by Gasteiger charge is 2.37. The molecule has 1 saturated carbocycles. The third-order valence-electron chi connectivity index (χ3n) is 4.37. The summed E-state index contributed by atoms with van der Waals surface area (Å²) in [7, 11) is 1.64. The van der Waals surface area contributed by atoms with Crippen molar-refractivity contribution in [2.45, 2.75) is 38.1 Å². The van der Waals surface area contributed by atoms with Crippen LogP contribution in [-0.2, 0) is 5.54 Å². The number of ether oxygens (including phenoxy) is 1. The molecule has 0 radical (unpaired) electrons. The lowest BCUT2D eigenvalue weighted by Gasteiger charge is -2.32. The van der Waals surface area contributed by atoms with Gasteiger partial charge in [0.1, 0.15) is 5.75 Å². The summed E-state index contributed by atoms with van der Waals surface area (Å²) in [5, 5.41) is 4.07. The fourth-order valence-electron chi connectivity index (χ4n) is 2.77. The molecule has 1 aromatic carbocycles. The van der Waals surface area contributed by atoms with Crippen LogP contribution < -0.4 is 10.5 Å². The Labute approximate surface area is 124 Å². The number of methoxy groups -OCH3 is 1. The Hall–Kier alpha value is -1.88. The van der Waals surface area contributed by atoms with Gasteiger partial charge in [0.2, 0.25) is 11.7 Å². The Morgan fingerprint density at radius 1 is 1.24 bits per heavy atom. The fraction of sp³-hybridized carbons (Fsp3) is 0.500. The maximum Gasteiger partial charge on any atom is 0.247 e. The second kappa shape index (κ2) is 5.48. The van der Waals surface area contributed by atoms with Crippen LogP contribution in [0.5, 0.6) is 5.75 Å². The Bertz CT molecular complexity index is 598. The molecule has 2 N–H and O–H groups in total. The third kappa shape index (κ3) is 2.78. The van der Waals surface area contributed by atoms with Gasteiger partial charge in [-0.15, -0.1) is 0 Å². The minimum Gasteiger partial charge on any atom is -0.497 e. The fourth-order valence-corrected chi connectivity index (χ4v) is 2.77. The smallest absolute Gasteiger partial charge is 0.247 e. The minimum absolute atomic E-state index is 0.468. The van der Waals surface area contributed by atoms with E-state index in [-0.39, 0.29) is 0 Å². The van der Waals surface area contributed by atoms with Gasteiger partial charge < -0.3 is 15.0 Å². The first kappa shape index (κ1) is 14.1. The number of rotatable bonds is 3. The van der Waals surface area contributed by atoms with E-state index in [0.29, 0.717) is 11.7 Å². The Morgan fingerprint density at radius 2 is 1.90 bits per heavy atom. The summed E-state index contributed by atoms with van der Waals surface area (Å²) in [6.07, 6.45) is 4.02. The molecule has 0 bridgehead atoms. The minimum atomic E-state index is -0.468. The van der Waals surface area contributed by atoms with Crippen molar-refractivity contribution in [2.75, 3.05) is 7.11 Å². The second-order valence-electron chi connectivity index (χ2n) is 5.99. The summed E-state index contributed by atoms with van der Waals surface area (Å²) in [6.45, 7) is 2.26. The molecule has 3 rings (SSSR count). The van der Waals surface area contributed by atoms with Crippen molar-refractivity contribution in [3.8, 4) is 17.1 Å². The first-order chi connectivity index (χ1) is 10.1. The van der Waals surface area contributed by atoms with Gasteiger partial charge in [-0.3, -0.25) is 0 Å². The molecule has 1 aliphatic carbocycles. The number of aromatic nitrogens is 2. The summed E-state index contributed by atoms with van der Waals surface area (Å²) in [6, 6.07) is 7.59. The molecule has 0 aliphatic heterocycles. The second-order valence-corrected chi connectivity index (χ2v) is 5.99. The van der Waals surface area contributed by atoms with Gasteiger partial charge in [0.25, 0.3) is 0 Å². The molecule has 1 fully saturated rings. The average molecular weight is 287 g/mol. The van der Waals surface area contributed by atoms with E-state index in [1.54, 1.807) is 7.11 Å². The lowest BCUT2D eigenvalue weighted by atomic mass is 9.78. The van der Waals surface area contributed by atoms with Gasteiger partial charge in [0.05, 0.1) is 12.6 Å². The predicted molar refractivity (Wildman–Crippen MR) is 79.8 cm³/mol. The van der Waals surface area contributed by atoms with E-state index in [4.69, 9.17) is 15.0 Å². The topological polar surface area (TPSA) is 74.2 Å². The van der Waals surface area contributed by atoms with E-state index in [1.165, 1.54) is 0 Å². The number of nitrogens with zero attached hydrogens (tertiary/aromatic N) is 2. The largest absolute Gasteiger partial charge is 0.497 e. The zero-order valence-corrected chi connectivity index (χ0v) is 12.5. The SMILES string of the molecule is COc1ccc(-c2noc(C3(N)CCC(C)CC3)n2)cc1. The van der Waals surface area contributed by atoms with E-state index in [1.807, 2.05) is 24.3 Å². The Kier molecular flexibility index (Phi) is 3.68. The number of hydrogen-bond donors (Lipinski definition) is 1. The van der Waals surface area contributed by atoms with Gasteiger partial charge in [-0.2, -0.15) is 4.98 Å². The quantitative estimate of drug-likeness (QED) is 0.938. The molecule has 1 aliphatic rings. The van der Waals surface area contributed by atoms with Crippen molar-refractivity contribution < 1.29 is 9.26 Å². The molecule has 1 heterocycles. The highest BCUT2D eigenvalue weighted by Crippen LogP contribution is 2.37. The number of benzene rings is 1. The van der Waals surface area contributed by atoms with Crippen LogP contribution in [-0.4, -0.2) is 17.3 Å². The van der Waals surface area contributed by atoms with E-state index in [9.17, 15) is 0 Å². The molecule has 1 aromatic heterocycles. The highest BCUT2D eigenvalue weighted by atomic mass is 16.5. The van der Waals surface area contributed by atoms with Crippen molar-refractivity contribution in [1.82, 2.24) is 10.1 Å². The van der Waals surface area contributed by atoms with Gasteiger partial charge >= 0.3 is 0 Å². The van der Waals surface area contributed by atoms with E-state index in [2.05, 4.69) is 17.1 Å². The van der Waals surface area contributed by atoms with Crippen LogP contribution in [0.2, 0.25) is 0 Å². The van der Waals surface area contributed by atoms with Gasteiger partial charge in [-0.25, -0.2) is 0 Å². The number of nitrogens with two attached hydrogens (primary N) is 1. The summed E-state index contributed by atoms with van der Waals surface area (Å²) in [4.78, 5) is 4.51. The molecule has 0 unspecified atom stereocenters. The van der Waals surface area contributed by atoms with Crippen LogP contribution in [0.4, 0.5) is 0 Å². The van der Waals surface area contributed by atoms with Gasteiger partial charge in [-0.05, 0) is 55.9 Å². The van der Waals surface area contributed by atoms with Crippen molar-refractivity contribution in [2.24, 2.45) is 11.7 Å². The number of hydrogen-bond acceptors (Lipinski definition) is 5. The molecule has 112 valence electrons. The first-order valence-corrected chi connectivity index (χ1v) is 7.38. The third-order valence-corrected chi connectivity index (χ3v) is 4.37. The van der Waals surface area contributed by atoms with E-state index < -0.39 is 5.54 Å². The molecule has 0 amide bonds. The van der Waals surface area contributed by atoms with Crippen molar-refractivity contribution in [1.29, 1.82) is 0 Å². The zero-order valence-electron chi connectivity index (χ0n) is 12.5. The monoisotopic (exact) mass is 287 g/mol. The van der Waals surface area contributed by atoms with E-state index in [0.717, 1.165) is 42.9 Å². The maximum atomic E-state index is 6.46. The standard InChI is InChI=1S/C16H21N3O2/c1-11-7-9-16(17,10-8-11)15-18-14(19-21-15)12-3-5-13(20-2)6-4-12/h3-6,11H,7-10,17H2,1-2H3. The molecule has 0 saturated heterocycles. The molecule has 2 aromatic rings. The van der Waals surface area contributed by atoms with Crippen LogP contribution in [0.1, 0.15) is 38.5 Å². The summed E-state index contributed by atoms with van der Waals surface area (Å²) in [5.41, 5.74) is 6.90. The highest BCUT2D eigenvalue weighted by molar-refractivity contribution is 5.55. The molecule has 0 atom stereocenters. The van der Waals surface area contributed by atoms with Crippen LogP contribution >= 0.6 is 0 Å². The summed E-state index contributed by atoms with van der Waals surface area (Å²) < 4.78 is 10.6. The van der Waals surface area contributed by atoms with E-state index >= 15 is 0 Å². The zero-order chi connectivity index (χ0) is 14.9. The van der Waals surface area contributed by atoms with Gasteiger partial charge in [-0.1, -0.05) is 12.1 Å². The normalized spacial score (nSPS) is 25.8. The van der Waals surface area contributed by atoms with Crippen LogP contribution in [0, 0.1) is 5.92 Å². The molecule has 5 heteroatoms. The molecular weight excluding hydrogens is 266 g/mol. The first-order valence-electron chi connectivity index (χ1n) is 7.38. The van der Waals surface area contributed by atoms with Crippen molar-refractivity contribution >= 4 is 0 Å². The van der Waals surface area contributed by atoms with Crippen LogP contribution in [0.3, 0.4) is 0 Å². The van der Waals surface area contributed by atoms with Crippen molar-refractivity contribution in [3.63, 3.8) is 0 Å². The van der Waals surface area contributed by atoms with Crippen LogP contribution in [0.15, 0.2) is 28.8 Å². The summed E-state index contributed by atoms with van der Waals surface area (Å²) >= 11 is 0. The van der Waals surface area contributed by atoms with Gasteiger partial charge in [0, 0.05) is 5.56 Å². The molecule has 21 heavy (non-hydrogen) atoms. The Balaban J connectivity index is 1.82. The summed E-state index contributed by atoms with van der Waals surface area (Å²) in [5.74, 6) is 2.67. The Morgan fingerprint density at radius 3 is 2.52 bits per heavy atom. The molecule has 0 spiro atoms. The molecular formula is C16H21N3O2. The van der Waals surface area contributed by atoms with Crippen LogP contribution in [0.25, 0.3) is 11.4 Å². The maximum absolute atomic E-state index is 6.46. The lowest BCUT2D eigenvalue weighted by molar-refractivity contribution is 0.190.